The van der Waals surface area contributed by atoms with Gasteiger partial charge in [-0.1, -0.05) is 19.1 Å². The maximum Gasteiger partial charge on any atom is 0.119 e. The maximum absolute atomic E-state index is 9.02. The fraction of sp³-hybridized carbons (Fsp3) is 0.194. The molecule has 0 saturated heterocycles. The Balaban J connectivity index is 1.47. The van der Waals surface area contributed by atoms with Gasteiger partial charge in [0.2, 0.25) is 0 Å². The van der Waals surface area contributed by atoms with E-state index in [9.17, 15) is 0 Å². The van der Waals surface area contributed by atoms with Crippen molar-refractivity contribution < 1.29 is 14.2 Å². The number of ether oxygens (including phenoxy) is 3. The van der Waals surface area contributed by atoms with Crippen LogP contribution in [-0.4, -0.2) is 19.8 Å². The van der Waals surface area contributed by atoms with Gasteiger partial charge in [-0.05, 0) is 90.4 Å². The fourth-order valence-corrected chi connectivity index (χ4v) is 4.11. The number of rotatable bonds is 9. The van der Waals surface area contributed by atoms with Crippen molar-refractivity contribution >= 4 is 0 Å². The topological polar surface area (TPSA) is 99.1 Å². The summed E-state index contributed by atoms with van der Waals surface area (Å²) in [4.78, 5) is 0. The molecule has 0 amide bonds. The quantitative estimate of drug-likeness (QED) is 0.362. The van der Waals surface area contributed by atoms with Gasteiger partial charge in [0.1, 0.15) is 30.5 Å². The highest BCUT2D eigenvalue weighted by molar-refractivity contribution is 5.39. The molecule has 0 N–H and O–H groups in total. The van der Waals surface area contributed by atoms with Crippen LogP contribution in [-0.2, 0) is 0 Å². The highest BCUT2D eigenvalue weighted by Crippen LogP contribution is 2.35. The van der Waals surface area contributed by atoms with Crippen LogP contribution in [0.4, 0.5) is 0 Å². The smallest absolute Gasteiger partial charge is 0.119 e. The molecule has 37 heavy (non-hydrogen) atoms. The van der Waals surface area contributed by atoms with E-state index in [2.05, 4.69) is 37.3 Å². The largest absolute Gasteiger partial charge is 0.493 e. The van der Waals surface area contributed by atoms with Crippen molar-refractivity contribution in [3.63, 3.8) is 0 Å². The number of nitriles is 3. The maximum atomic E-state index is 9.02. The Morgan fingerprint density at radius 1 is 0.649 bits per heavy atom. The minimum absolute atomic E-state index is 0.310. The third-order valence-electron chi connectivity index (χ3n) is 5.90. The highest BCUT2D eigenvalue weighted by atomic mass is 16.5. The summed E-state index contributed by atoms with van der Waals surface area (Å²) in [5, 5.41) is 27.0. The molecule has 0 radical (unpaired) electrons. The molecule has 0 heterocycles. The first-order chi connectivity index (χ1) is 18.0. The fourth-order valence-electron chi connectivity index (χ4n) is 4.11. The first-order valence-corrected chi connectivity index (χ1v) is 11.8. The predicted molar refractivity (Wildman–Crippen MR) is 139 cm³/mol. The van der Waals surface area contributed by atoms with E-state index in [1.807, 2.05) is 0 Å². The lowest BCUT2D eigenvalue weighted by Crippen LogP contribution is -2.28. The van der Waals surface area contributed by atoms with Crippen LogP contribution in [0.15, 0.2) is 96.1 Å². The lowest BCUT2D eigenvalue weighted by molar-refractivity contribution is 0.196. The van der Waals surface area contributed by atoms with Crippen LogP contribution in [0.5, 0.6) is 17.2 Å². The average molecular weight is 488 g/mol. The van der Waals surface area contributed by atoms with E-state index in [0.717, 1.165) is 17.6 Å². The molecule has 0 fully saturated rings. The summed E-state index contributed by atoms with van der Waals surface area (Å²) < 4.78 is 18.1. The minimum atomic E-state index is -0.310. The summed E-state index contributed by atoms with van der Waals surface area (Å²) >= 11 is 0. The molecule has 6 heteroatoms. The van der Waals surface area contributed by atoms with E-state index in [4.69, 9.17) is 30.0 Å². The zero-order valence-electron chi connectivity index (χ0n) is 20.5. The molecule has 3 aromatic rings. The van der Waals surface area contributed by atoms with E-state index in [-0.39, 0.29) is 5.41 Å². The molecule has 1 unspecified atom stereocenters. The van der Waals surface area contributed by atoms with Crippen LogP contribution in [0.25, 0.3) is 0 Å². The lowest BCUT2D eigenvalue weighted by Gasteiger charge is -2.32. The molecule has 1 aliphatic rings. The van der Waals surface area contributed by atoms with Gasteiger partial charge in [-0.25, -0.2) is 0 Å². The Labute approximate surface area is 216 Å². The predicted octanol–water partition coefficient (Wildman–Crippen LogP) is 6.10. The highest BCUT2D eigenvalue weighted by Gasteiger charge is 2.29. The van der Waals surface area contributed by atoms with Crippen LogP contribution in [0.3, 0.4) is 0 Å². The number of hydrogen-bond donors (Lipinski definition) is 0. The van der Waals surface area contributed by atoms with Gasteiger partial charge in [0.25, 0.3) is 0 Å². The Hall–Kier alpha value is -4.99. The minimum Gasteiger partial charge on any atom is -0.493 e. The second kappa shape index (κ2) is 11.6. The van der Waals surface area contributed by atoms with Gasteiger partial charge in [0, 0.05) is 5.41 Å². The second-order valence-corrected chi connectivity index (χ2v) is 9.13. The van der Waals surface area contributed by atoms with Crippen molar-refractivity contribution in [2.45, 2.75) is 13.3 Å². The summed E-state index contributed by atoms with van der Waals surface area (Å²) in [6, 6.07) is 27.5. The van der Waals surface area contributed by atoms with Crippen molar-refractivity contribution in [3.05, 3.63) is 113 Å². The monoisotopic (exact) mass is 487 g/mol. The molecule has 0 aliphatic heterocycles. The van der Waals surface area contributed by atoms with E-state index in [1.54, 1.807) is 72.8 Å². The lowest BCUT2D eigenvalue weighted by atomic mass is 9.78. The van der Waals surface area contributed by atoms with Gasteiger partial charge < -0.3 is 14.2 Å². The molecule has 4 rings (SSSR count). The first kappa shape index (κ1) is 25.1. The van der Waals surface area contributed by atoms with Gasteiger partial charge >= 0.3 is 0 Å². The van der Waals surface area contributed by atoms with Crippen molar-refractivity contribution in [2.75, 3.05) is 19.8 Å². The van der Waals surface area contributed by atoms with E-state index < -0.39 is 0 Å². The summed E-state index contributed by atoms with van der Waals surface area (Å²) in [6.45, 7) is 3.33. The van der Waals surface area contributed by atoms with Gasteiger partial charge in [-0.15, -0.1) is 0 Å². The van der Waals surface area contributed by atoms with E-state index in [1.165, 1.54) is 0 Å². The summed E-state index contributed by atoms with van der Waals surface area (Å²) in [5.74, 6) is 2.08. The van der Waals surface area contributed by atoms with Crippen LogP contribution in [0.2, 0.25) is 0 Å². The Morgan fingerprint density at radius 3 is 1.54 bits per heavy atom. The molecule has 1 atom stereocenters. The standard InChI is InChI=1S/C31H25N3O3/c1-31(22-37-30-12-6-25(19-34)7-13-30)15-26(20-35-28-8-2-23(17-32)3-9-28)14-27(16-31)21-36-29-10-4-24(18-33)5-11-29/h2-15H,16,20-22H2,1H3. The molecule has 6 nitrogen and oxygen atoms in total. The summed E-state index contributed by atoms with van der Waals surface area (Å²) in [7, 11) is 0. The molecule has 1 aliphatic carbocycles. The molecule has 0 aromatic heterocycles. The molecule has 3 aromatic carbocycles. The van der Waals surface area contributed by atoms with Crippen LogP contribution >= 0.6 is 0 Å². The summed E-state index contributed by atoms with van der Waals surface area (Å²) in [6.07, 6.45) is 5.00. The molecule has 0 saturated carbocycles. The van der Waals surface area contributed by atoms with E-state index >= 15 is 0 Å². The van der Waals surface area contributed by atoms with E-state index in [0.29, 0.717) is 53.8 Å². The number of benzene rings is 3. The SMILES string of the molecule is CC1(COc2ccc(C#N)cc2)C=C(COc2ccc(C#N)cc2)C=C(COc2ccc(C#N)cc2)C1. The van der Waals surface area contributed by atoms with Crippen LogP contribution < -0.4 is 14.2 Å². The molecular weight excluding hydrogens is 462 g/mol. The Kier molecular flexibility index (Phi) is 7.89. The van der Waals surface area contributed by atoms with Crippen molar-refractivity contribution in [1.29, 1.82) is 15.8 Å². The Morgan fingerprint density at radius 2 is 1.08 bits per heavy atom. The number of hydrogen-bond acceptors (Lipinski definition) is 6. The zero-order valence-corrected chi connectivity index (χ0v) is 20.5. The second-order valence-electron chi connectivity index (χ2n) is 9.13. The van der Waals surface area contributed by atoms with Crippen molar-refractivity contribution in [2.24, 2.45) is 5.41 Å². The summed E-state index contributed by atoms with van der Waals surface area (Å²) in [5.41, 5.74) is 3.54. The third kappa shape index (κ3) is 7.01. The van der Waals surface area contributed by atoms with Gasteiger partial charge in [-0.3, -0.25) is 0 Å². The van der Waals surface area contributed by atoms with Gasteiger partial charge in [0.05, 0.1) is 41.5 Å². The molecular formula is C31H25N3O3. The number of nitrogens with zero attached hydrogens (tertiary/aromatic N) is 3. The first-order valence-electron chi connectivity index (χ1n) is 11.8. The van der Waals surface area contributed by atoms with Gasteiger partial charge in [-0.2, -0.15) is 15.8 Å². The normalized spacial score (nSPS) is 16.3. The average Bonchev–Trinajstić information content (AvgIpc) is 2.94. The zero-order chi connectivity index (χ0) is 26.1. The molecule has 0 spiro atoms. The Bertz CT molecular complexity index is 1420. The molecule has 182 valence electrons. The van der Waals surface area contributed by atoms with Crippen LogP contribution in [0, 0.1) is 39.4 Å². The van der Waals surface area contributed by atoms with Crippen molar-refractivity contribution in [3.8, 4) is 35.5 Å². The van der Waals surface area contributed by atoms with Crippen LogP contribution in [0.1, 0.15) is 30.0 Å². The molecule has 0 bridgehead atoms. The van der Waals surface area contributed by atoms with Crippen molar-refractivity contribution in [1.82, 2.24) is 0 Å². The third-order valence-corrected chi connectivity index (χ3v) is 5.90. The van der Waals surface area contributed by atoms with Gasteiger partial charge in [0.15, 0.2) is 0 Å².